The lowest BCUT2D eigenvalue weighted by molar-refractivity contribution is -0.137. The highest BCUT2D eigenvalue weighted by atomic mass is 16.5. The highest BCUT2D eigenvalue weighted by Crippen LogP contribution is 2.29. The van der Waals surface area contributed by atoms with E-state index in [4.69, 9.17) is 19.9 Å². The zero-order chi connectivity index (χ0) is 20.8. The number of morpholine rings is 1. The van der Waals surface area contributed by atoms with Crippen molar-refractivity contribution < 1.29 is 28.6 Å². The van der Waals surface area contributed by atoms with Crippen molar-refractivity contribution in [3.05, 3.63) is 23.8 Å². The van der Waals surface area contributed by atoms with Gasteiger partial charge < -0.3 is 29.7 Å². The van der Waals surface area contributed by atoms with Gasteiger partial charge in [-0.2, -0.15) is 0 Å². The summed E-state index contributed by atoms with van der Waals surface area (Å²) in [6.07, 6.45) is 1.14. The molecule has 0 saturated carbocycles. The van der Waals surface area contributed by atoms with Crippen molar-refractivity contribution in [3.63, 3.8) is 0 Å². The van der Waals surface area contributed by atoms with Crippen LogP contribution in [0.2, 0.25) is 0 Å². The zero-order valence-corrected chi connectivity index (χ0v) is 16.6. The average molecular weight is 405 g/mol. The third-order valence-corrected chi connectivity index (χ3v) is 5.31. The maximum absolute atomic E-state index is 12.8. The summed E-state index contributed by atoms with van der Waals surface area (Å²) in [5.41, 5.74) is 5.81. The average Bonchev–Trinajstić information content (AvgIpc) is 2.77. The van der Waals surface area contributed by atoms with Crippen LogP contribution < -0.4 is 15.2 Å². The lowest BCUT2D eigenvalue weighted by Crippen LogP contribution is -2.43. The smallest absolute Gasteiger partial charge is 0.260 e. The molecule has 3 amide bonds. The molecule has 0 radical (unpaired) electrons. The molecule has 2 fully saturated rings. The summed E-state index contributed by atoms with van der Waals surface area (Å²) in [6, 6.07) is 4.89. The van der Waals surface area contributed by atoms with Crippen LogP contribution in [0.3, 0.4) is 0 Å². The first-order valence-corrected chi connectivity index (χ1v) is 9.74. The Bertz CT molecular complexity index is 755. The summed E-state index contributed by atoms with van der Waals surface area (Å²) in [5, 5.41) is 0. The van der Waals surface area contributed by atoms with Crippen LogP contribution in [0.25, 0.3) is 0 Å². The molecule has 2 heterocycles. The van der Waals surface area contributed by atoms with Crippen LogP contribution in [0.15, 0.2) is 18.2 Å². The quantitative estimate of drug-likeness (QED) is 0.727. The van der Waals surface area contributed by atoms with Gasteiger partial charge >= 0.3 is 0 Å². The topological polar surface area (TPSA) is 111 Å². The standard InChI is InChI=1S/C20H27N3O6/c1-27-17-12-15(20(26)23-6-4-14(5-7-23)19(21)25)2-3-16(17)29-13-18(24)22-8-10-28-11-9-22/h2-3,12,14H,4-11,13H2,1H3,(H2,21,25). The van der Waals surface area contributed by atoms with Crippen LogP contribution >= 0.6 is 0 Å². The Hall–Kier alpha value is -2.81. The fourth-order valence-electron chi connectivity index (χ4n) is 3.51. The van der Waals surface area contributed by atoms with Crippen molar-refractivity contribution in [2.24, 2.45) is 11.7 Å². The molecule has 9 nitrogen and oxygen atoms in total. The Kier molecular flexibility index (Phi) is 6.92. The van der Waals surface area contributed by atoms with E-state index in [1.807, 2.05) is 0 Å². The Balaban J connectivity index is 1.60. The maximum Gasteiger partial charge on any atom is 0.260 e. The maximum atomic E-state index is 12.8. The van der Waals surface area contributed by atoms with Gasteiger partial charge in [0.05, 0.1) is 20.3 Å². The number of likely N-dealkylation sites (tertiary alicyclic amines) is 1. The largest absolute Gasteiger partial charge is 0.493 e. The molecular formula is C20H27N3O6. The number of hydrogen-bond acceptors (Lipinski definition) is 6. The fraction of sp³-hybridized carbons (Fsp3) is 0.550. The van der Waals surface area contributed by atoms with E-state index in [0.717, 1.165) is 0 Å². The number of carbonyl (C=O) groups excluding carboxylic acids is 3. The molecule has 9 heteroatoms. The minimum Gasteiger partial charge on any atom is -0.493 e. The molecular weight excluding hydrogens is 378 g/mol. The van der Waals surface area contributed by atoms with Crippen molar-refractivity contribution in [3.8, 4) is 11.5 Å². The first-order valence-electron chi connectivity index (χ1n) is 9.74. The third kappa shape index (κ3) is 5.17. The van der Waals surface area contributed by atoms with Gasteiger partial charge in [0, 0.05) is 37.7 Å². The summed E-state index contributed by atoms with van der Waals surface area (Å²) in [6.45, 7) is 3.04. The van der Waals surface area contributed by atoms with Gasteiger partial charge in [0.15, 0.2) is 18.1 Å². The molecule has 0 unspecified atom stereocenters. The zero-order valence-electron chi connectivity index (χ0n) is 16.6. The lowest BCUT2D eigenvalue weighted by Gasteiger charge is -2.30. The summed E-state index contributed by atoms with van der Waals surface area (Å²) in [7, 11) is 1.48. The van der Waals surface area contributed by atoms with Gasteiger partial charge in [-0.3, -0.25) is 14.4 Å². The van der Waals surface area contributed by atoms with Gasteiger partial charge in [0.25, 0.3) is 11.8 Å². The minimum atomic E-state index is -0.313. The van der Waals surface area contributed by atoms with Crippen LogP contribution in [0.1, 0.15) is 23.2 Å². The summed E-state index contributed by atoms with van der Waals surface area (Å²) in [4.78, 5) is 39.7. The normalized spacial score (nSPS) is 17.7. The van der Waals surface area contributed by atoms with Crippen molar-refractivity contribution in [2.75, 3.05) is 53.1 Å². The van der Waals surface area contributed by atoms with Crippen LogP contribution in [0, 0.1) is 5.92 Å². The molecule has 0 aliphatic carbocycles. The molecule has 29 heavy (non-hydrogen) atoms. The molecule has 0 spiro atoms. The van der Waals surface area contributed by atoms with Crippen molar-refractivity contribution >= 4 is 17.7 Å². The van der Waals surface area contributed by atoms with E-state index in [-0.39, 0.29) is 30.2 Å². The highest BCUT2D eigenvalue weighted by Gasteiger charge is 2.27. The Morgan fingerprint density at radius 1 is 1.07 bits per heavy atom. The van der Waals surface area contributed by atoms with Gasteiger partial charge in [-0.05, 0) is 31.0 Å². The monoisotopic (exact) mass is 405 g/mol. The Morgan fingerprint density at radius 2 is 1.76 bits per heavy atom. The van der Waals surface area contributed by atoms with E-state index >= 15 is 0 Å². The summed E-state index contributed by atoms with van der Waals surface area (Å²) >= 11 is 0. The van der Waals surface area contributed by atoms with Gasteiger partial charge in [-0.15, -0.1) is 0 Å². The van der Waals surface area contributed by atoms with Crippen LogP contribution in [-0.2, 0) is 14.3 Å². The second kappa shape index (κ2) is 9.60. The molecule has 2 aliphatic heterocycles. The fourth-order valence-corrected chi connectivity index (χ4v) is 3.51. The van der Waals surface area contributed by atoms with Crippen LogP contribution in [0.5, 0.6) is 11.5 Å². The number of amides is 3. The second-order valence-electron chi connectivity index (χ2n) is 7.12. The number of rotatable bonds is 6. The van der Waals surface area contributed by atoms with Crippen molar-refractivity contribution in [1.82, 2.24) is 9.80 Å². The van der Waals surface area contributed by atoms with E-state index in [1.165, 1.54) is 7.11 Å². The molecule has 2 N–H and O–H groups in total. The highest BCUT2D eigenvalue weighted by molar-refractivity contribution is 5.95. The Morgan fingerprint density at radius 3 is 2.38 bits per heavy atom. The molecule has 3 rings (SSSR count). The number of carbonyl (C=O) groups is 3. The molecule has 0 atom stereocenters. The number of nitrogens with zero attached hydrogens (tertiary/aromatic N) is 2. The summed E-state index contributed by atoms with van der Waals surface area (Å²) in [5.74, 6) is 0.0472. The number of ether oxygens (including phenoxy) is 3. The third-order valence-electron chi connectivity index (χ3n) is 5.31. The lowest BCUT2D eigenvalue weighted by atomic mass is 9.96. The van der Waals surface area contributed by atoms with E-state index in [1.54, 1.807) is 28.0 Å². The number of piperidine rings is 1. The number of benzene rings is 1. The molecule has 0 aromatic heterocycles. The summed E-state index contributed by atoms with van der Waals surface area (Å²) < 4.78 is 16.2. The number of primary amides is 1. The van der Waals surface area contributed by atoms with E-state index in [0.29, 0.717) is 69.3 Å². The van der Waals surface area contributed by atoms with Crippen LogP contribution in [-0.4, -0.2) is 80.6 Å². The van der Waals surface area contributed by atoms with Gasteiger partial charge in [-0.1, -0.05) is 0 Å². The number of methoxy groups -OCH3 is 1. The number of nitrogens with two attached hydrogens (primary N) is 1. The van der Waals surface area contributed by atoms with Gasteiger partial charge in [0.1, 0.15) is 0 Å². The Labute approximate surface area is 169 Å². The second-order valence-corrected chi connectivity index (χ2v) is 7.12. The SMILES string of the molecule is COc1cc(C(=O)N2CCC(C(N)=O)CC2)ccc1OCC(=O)N1CCOCC1. The predicted octanol–water partition coefficient (Wildman–Crippen LogP) is 0.270. The molecule has 0 bridgehead atoms. The molecule has 2 saturated heterocycles. The molecule has 2 aliphatic rings. The van der Waals surface area contributed by atoms with Gasteiger partial charge in [-0.25, -0.2) is 0 Å². The number of hydrogen-bond donors (Lipinski definition) is 1. The first-order chi connectivity index (χ1) is 14.0. The van der Waals surface area contributed by atoms with Crippen LogP contribution in [0.4, 0.5) is 0 Å². The van der Waals surface area contributed by atoms with Crippen molar-refractivity contribution in [1.29, 1.82) is 0 Å². The first kappa shape index (κ1) is 20.9. The van der Waals surface area contributed by atoms with Gasteiger partial charge in [0.2, 0.25) is 5.91 Å². The van der Waals surface area contributed by atoms with E-state index < -0.39 is 0 Å². The minimum absolute atomic E-state index is 0.107. The molecule has 158 valence electrons. The van der Waals surface area contributed by atoms with E-state index in [2.05, 4.69) is 0 Å². The molecule has 1 aromatic carbocycles. The predicted molar refractivity (Wildman–Crippen MR) is 104 cm³/mol. The van der Waals surface area contributed by atoms with Crippen molar-refractivity contribution in [2.45, 2.75) is 12.8 Å². The molecule has 1 aromatic rings. The van der Waals surface area contributed by atoms with E-state index in [9.17, 15) is 14.4 Å².